The molecule has 0 saturated carbocycles. The van der Waals surface area contributed by atoms with Gasteiger partial charge < -0.3 is 14.2 Å². The molecule has 15 nitrogen and oxygen atoms in total. The van der Waals surface area contributed by atoms with E-state index in [0.29, 0.717) is 40.4 Å². The summed E-state index contributed by atoms with van der Waals surface area (Å²) in [7, 11) is 0. The van der Waals surface area contributed by atoms with Crippen LogP contribution in [0, 0.1) is 26.6 Å². The van der Waals surface area contributed by atoms with Crippen LogP contribution in [0.15, 0.2) is 184 Å². The predicted octanol–water partition coefficient (Wildman–Crippen LogP) is 11.6. The van der Waals surface area contributed by atoms with Crippen molar-refractivity contribution in [3.8, 4) is 51.8 Å². The molecule has 72 heavy (non-hydrogen) atoms. The summed E-state index contributed by atoms with van der Waals surface area (Å²) in [5.74, 6) is 0. The quantitative estimate of drug-likeness (QED) is 0.0949. The van der Waals surface area contributed by atoms with Gasteiger partial charge >= 0.3 is 0 Å². The van der Waals surface area contributed by atoms with Crippen LogP contribution in [0.5, 0.6) is 18.0 Å². The average molecular weight is 952 g/mol. The van der Waals surface area contributed by atoms with Crippen molar-refractivity contribution in [1.82, 2.24) is 29.9 Å². The number of nitrogens with one attached hydrogen (secondary N) is 3. The van der Waals surface area contributed by atoms with E-state index in [2.05, 4.69) is 63.5 Å². The highest BCUT2D eigenvalue weighted by Gasteiger charge is 2.17. The van der Waals surface area contributed by atoms with Crippen LogP contribution in [0.25, 0.3) is 48.3 Å². The molecule has 0 bridgehead atoms. The van der Waals surface area contributed by atoms with E-state index >= 15 is 0 Å². The Morgan fingerprint density at radius 3 is 1.10 bits per heavy atom. The maximum atomic E-state index is 12.2. The van der Waals surface area contributed by atoms with E-state index in [1.54, 1.807) is 24.3 Å². The van der Waals surface area contributed by atoms with Crippen LogP contribution >= 0.6 is 0 Å². The first kappa shape index (κ1) is 49.7. The fraction of sp³-hybridized carbons (Fsp3) is 0.105. The Kier molecular flexibility index (Phi) is 17.1. The minimum atomic E-state index is -0.503. The van der Waals surface area contributed by atoms with Crippen molar-refractivity contribution in [3.05, 3.63) is 263 Å². The summed E-state index contributed by atoms with van der Waals surface area (Å²) in [6.07, 6.45) is 0.945. The first-order valence-electron chi connectivity index (χ1n) is 22.4. The van der Waals surface area contributed by atoms with Crippen LogP contribution in [0.2, 0.25) is 0 Å². The number of hydrogen-bond acceptors (Lipinski definition) is 9. The molecule has 0 fully saturated rings. The molecule has 0 amide bonds. The second kappa shape index (κ2) is 24.7. The Balaban J connectivity index is 0.000000159. The van der Waals surface area contributed by atoms with E-state index in [4.69, 9.17) is 33.9 Å². The van der Waals surface area contributed by atoms with Gasteiger partial charge in [0.2, 0.25) is 0 Å². The molecule has 0 aliphatic heterocycles. The van der Waals surface area contributed by atoms with E-state index in [1.165, 1.54) is 5.56 Å². The summed E-state index contributed by atoms with van der Waals surface area (Å²) in [6, 6.07) is 53.3. The largest absolute Gasteiger partial charge is 0.460 e. The number of ether oxygens (including phenoxy) is 3. The molecule has 0 aliphatic rings. The number of aromatic nitrogens is 6. The monoisotopic (exact) mass is 951 g/mol. The van der Waals surface area contributed by atoms with Crippen molar-refractivity contribution in [2.24, 2.45) is 0 Å². The maximum Gasteiger partial charge on any atom is 0.295 e. The molecule has 3 N–H and O–H groups in total. The van der Waals surface area contributed by atoms with Crippen molar-refractivity contribution in [2.75, 3.05) is 0 Å². The van der Waals surface area contributed by atoms with Gasteiger partial charge in [0.05, 0.1) is 36.8 Å². The van der Waals surface area contributed by atoms with E-state index < -0.39 is 16.7 Å². The zero-order valence-corrected chi connectivity index (χ0v) is 39.1. The Labute approximate surface area is 414 Å². The summed E-state index contributed by atoms with van der Waals surface area (Å²) < 4.78 is 16.8. The molecular weight excluding hydrogens is 907 g/mol. The lowest BCUT2D eigenvalue weighted by Crippen LogP contribution is -2.11. The minimum Gasteiger partial charge on any atom is -0.460 e. The van der Waals surface area contributed by atoms with E-state index in [9.17, 15) is 14.4 Å². The number of benzene rings is 6. The van der Waals surface area contributed by atoms with Crippen molar-refractivity contribution in [3.63, 3.8) is 0 Å². The number of H-pyrrole nitrogens is 3. The number of hydrogen-bond donors (Lipinski definition) is 3. The first-order chi connectivity index (χ1) is 35.2. The van der Waals surface area contributed by atoms with Crippen LogP contribution in [0.4, 0.5) is 17.1 Å². The molecule has 0 radical (unpaired) electrons. The zero-order chi connectivity index (χ0) is 50.7. The summed E-state index contributed by atoms with van der Waals surface area (Å²) in [4.78, 5) is 66.8. The summed E-state index contributed by atoms with van der Waals surface area (Å²) in [5.41, 5.74) is 6.77. The molecular formula is C57H45N9O6. The normalized spacial score (nSPS) is 10.2. The molecule has 0 spiro atoms. The smallest absolute Gasteiger partial charge is 0.295 e. The number of aromatic amines is 3. The van der Waals surface area contributed by atoms with Crippen LogP contribution in [-0.2, 0) is 26.2 Å². The first-order valence-corrected chi connectivity index (χ1v) is 22.4. The predicted molar refractivity (Wildman–Crippen MR) is 276 cm³/mol. The molecule has 3 heterocycles. The van der Waals surface area contributed by atoms with Crippen LogP contribution in [0.1, 0.15) is 34.7 Å². The molecule has 354 valence electrons. The van der Waals surface area contributed by atoms with Gasteiger partial charge in [0.1, 0.15) is 19.8 Å². The van der Waals surface area contributed by atoms with Crippen molar-refractivity contribution >= 4 is 17.1 Å². The SMILES string of the molecule is [C-]#[N+]c1c(-c2ccccc2)nc(OCc2cccc(C)c2)[nH]c1=O.[C-]#[N+]c1c(-c2ccccc2)nc(OCc2cccc(CC)c2)[nH]c1=O.[C-]#[N+]c1c(-c2ccccc2)nc(OCc2ccccc2)[nH]c1=O. The fourth-order valence-electron chi connectivity index (χ4n) is 7.02. The number of aryl methyl sites for hydroxylation is 2. The van der Waals surface area contributed by atoms with Gasteiger partial charge in [0.15, 0.2) is 0 Å². The molecule has 6 aromatic carbocycles. The second-order valence-corrected chi connectivity index (χ2v) is 15.7. The van der Waals surface area contributed by atoms with Crippen LogP contribution in [-0.4, -0.2) is 29.9 Å². The Hall–Kier alpha value is -10.2. The Morgan fingerprint density at radius 1 is 0.417 bits per heavy atom. The summed E-state index contributed by atoms with van der Waals surface area (Å²) in [6.45, 7) is 26.6. The van der Waals surface area contributed by atoms with Gasteiger partial charge in [-0.1, -0.05) is 182 Å². The van der Waals surface area contributed by atoms with E-state index in [1.807, 2.05) is 140 Å². The van der Waals surface area contributed by atoms with Gasteiger partial charge in [0, 0.05) is 0 Å². The summed E-state index contributed by atoms with van der Waals surface area (Å²) >= 11 is 0. The topological polar surface area (TPSA) is 178 Å². The Morgan fingerprint density at radius 2 is 0.736 bits per heavy atom. The van der Waals surface area contributed by atoms with E-state index in [-0.39, 0.29) is 48.3 Å². The lowest BCUT2D eigenvalue weighted by atomic mass is 10.1. The van der Waals surface area contributed by atoms with Gasteiger partial charge in [0.25, 0.3) is 51.8 Å². The molecule has 15 heteroatoms. The highest BCUT2D eigenvalue weighted by molar-refractivity contribution is 5.76. The van der Waals surface area contributed by atoms with Gasteiger partial charge in [-0.3, -0.25) is 29.3 Å². The molecule has 3 aromatic heterocycles. The maximum absolute atomic E-state index is 12.2. The third-order valence-electron chi connectivity index (χ3n) is 10.5. The molecule has 0 unspecified atom stereocenters. The Bertz CT molecular complexity index is 3580. The van der Waals surface area contributed by atoms with Gasteiger partial charge in [-0.05, 0) is 52.3 Å². The zero-order valence-electron chi connectivity index (χ0n) is 39.1. The highest BCUT2D eigenvalue weighted by atomic mass is 16.5. The van der Waals surface area contributed by atoms with Crippen molar-refractivity contribution in [1.29, 1.82) is 0 Å². The third-order valence-corrected chi connectivity index (χ3v) is 10.5. The molecule has 9 rings (SSSR count). The number of rotatable bonds is 13. The molecule has 0 aliphatic carbocycles. The fourth-order valence-corrected chi connectivity index (χ4v) is 7.02. The second-order valence-electron chi connectivity index (χ2n) is 15.7. The lowest BCUT2D eigenvalue weighted by Gasteiger charge is -2.09. The van der Waals surface area contributed by atoms with Crippen LogP contribution in [0.3, 0.4) is 0 Å². The number of nitrogens with zero attached hydrogens (tertiary/aromatic N) is 6. The summed E-state index contributed by atoms with van der Waals surface area (Å²) in [5, 5.41) is 0. The lowest BCUT2D eigenvalue weighted by molar-refractivity contribution is 0.280. The third kappa shape index (κ3) is 13.3. The standard InChI is InChI=1S/C20H17N3O2.C19H15N3O2.C18H13N3O2/c1-3-14-8-7-9-15(12-14)13-25-20-22-17(16-10-5-4-6-11-16)18(21-2)19(24)23-20;1-13-7-6-8-14(11-13)12-24-19-21-16(15-9-4-3-5-10-15)17(20-2)18(23)22-19;1-19-16-15(14-10-6-3-7-11-14)20-18(21-17(16)22)23-12-13-8-4-2-5-9-13/h4-12H,3,13H2,1H3,(H,22,23,24);3-11H,12H2,1H3,(H,21,22,23);2-11H,12H2,(H,20,21,22). The van der Waals surface area contributed by atoms with Crippen molar-refractivity contribution < 1.29 is 14.2 Å². The van der Waals surface area contributed by atoms with Gasteiger partial charge in [-0.2, -0.15) is 0 Å². The highest BCUT2D eigenvalue weighted by Crippen LogP contribution is 2.29. The van der Waals surface area contributed by atoms with E-state index in [0.717, 1.165) is 28.7 Å². The minimum absolute atomic E-state index is 0.0356. The van der Waals surface area contributed by atoms with Crippen LogP contribution < -0.4 is 30.9 Å². The van der Waals surface area contributed by atoms with Gasteiger partial charge in [-0.15, -0.1) is 0 Å². The molecule has 9 aromatic rings. The molecule has 0 atom stereocenters. The van der Waals surface area contributed by atoms with Crippen molar-refractivity contribution in [2.45, 2.75) is 40.1 Å². The molecule has 0 saturated heterocycles. The van der Waals surface area contributed by atoms with Gasteiger partial charge in [-0.25, -0.2) is 29.5 Å². The average Bonchev–Trinajstić information content (AvgIpc) is 3.42.